The number of nitrogens with zero attached hydrogens (tertiary/aromatic N) is 2. The van der Waals surface area contributed by atoms with Crippen molar-refractivity contribution in [1.29, 1.82) is 0 Å². The molecule has 0 aromatic heterocycles. The van der Waals surface area contributed by atoms with Crippen LogP contribution in [0.4, 0.5) is 5.69 Å². The summed E-state index contributed by atoms with van der Waals surface area (Å²) in [5, 5.41) is 1.78. The Balaban J connectivity index is 1.82. The Kier molecular flexibility index (Phi) is 5.06. The number of rotatable bonds is 3. The van der Waals surface area contributed by atoms with Crippen LogP contribution in [0.2, 0.25) is 5.02 Å². The normalized spacial score (nSPS) is 21.0. The highest BCUT2D eigenvalue weighted by Gasteiger charge is 2.31. The molecule has 3 nitrogen and oxygen atoms in total. The molecule has 0 saturated carbocycles. The second kappa shape index (κ2) is 6.89. The van der Waals surface area contributed by atoms with Gasteiger partial charge in [0, 0.05) is 23.5 Å². The molecule has 0 radical (unpaired) electrons. The fourth-order valence-corrected chi connectivity index (χ4v) is 4.81. The minimum atomic E-state index is 0.00455. The molecule has 7 heteroatoms. The Bertz CT molecular complexity index is 745. The zero-order valence-electron chi connectivity index (χ0n) is 12.7. The van der Waals surface area contributed by atoms with Gasteiger partial charge in [0.05, 0.1) is 15.6 Å². The number of amides is 1. The second-order valence-electron chi connectivity index (χ2n) is 5.13. The van der Waals surface area contributed by atoms with Gasteiger partial charge in [-0.3, -0.25) is 9.69 Å². The molecule has 0 unspecified atom stereocenters. The maximum Gasteiger partial charge on any atom is 0.266 e. The van der Waals surface area contributed by atoms with Gasteiger partial charge < -0.3 is 4.90 Å². The summed E-state index contributed by atoms with van der Waals surface area (Å²) >= 11 is 14.4. The molecule has 2 aliphatic rings. The number of fused-ring (bicyclic) bond motifs is 1. The third-order valence-corrected chi connectivity index (χ3v) is 6.34. The predicted molar refractivity (Wildman–Crippen MR) is 104 cm³/mol. The van der Waals surface area contributed by atoms with E-state index in [1.807, 2.05) is 44.3 Å². The van der Waals surface area contributed by atoms with Crippen molar-refractivity contribution in [2.24, 2.45) is 0 Å². The lowest BCUT2D eigenvalue weighted by Gasteiger charge is -2.13. The van der Waals surface area contributed by atoms with Crippen molar-refractivity contribution in [3.05, 3.63) is 45.3 Å². The van der Waals surface area contributed by atoms with Crippen LogP contribution in [0.5, 0.6) is 0 Å². The maximum absolute atomic E-state index is 12.3. The molecule has 1 fully saturated rings. The smallest absolute Gasteiger partial charge is 0.266 e. The largest absolute Gasteiger partial charge is 0.338 e. The van der Waals surface area contributed by atoms with Gasteiger partial charge in [-0.25, -0.2) is 0 Å². The van der Waals surface area contributed by atoms with Crippen molar-refractivity contribution in [2.45, 2.75) is 18.2 Å². The highest BCUT2D eigenvalue weighted by atomic mass is 35.5. The van der Waals surface area contributed by atoms with Crippen molar-refractivity contribution < 1.29 is 4.79 Å². The van der Waals surface area contributed by atoms with Crippen molar-refractivity contribution in [3.8, 4) is 0 Å². The summed E-state index contributed by atoms with van der Waals surface area (Å²) in [5.74, 6) is 0.00455. The van der Waals surface area contributed by atoms with E-state index in [-0.39, 0.29) is 5.91 Å². The zero-order valence-corrected chi connectivity index (χ0v) is 15.9. The first-order valence-electron chi connectivity index (χ1n) is 7.18. The van der Waals surface area contributed by atoms with E-state index in [0.29, 0.717) is 15.8 Å². The fraction of sp³-hybridized carbons (Fsp3) is 0.250. The van der Waals surface area contributed by atoms with Gasteiger partial charge in [0.15, 0.2) is 0 Å². The number of carbonyl (C=O) groups excluding carboxylic acids is 1. The van der Waals surface area contributed by atoms with Crippen LogP contribution in [0, 0.1) is 0 Å². The van der Waals surface area contributed by atoms with Gasteiger partial charge in [0.1, 0.15) is 4.32 Å². The van der Waals surface area contributed by atoms with Gasteiger partial charge in [-0.1, -0.05) is 54.3 Å². The fourth-order valence-electron chi connectivity index (χ4n) is 2.36. The van der Waals surface area contributed by atoms with Crippen LogP contribution in [0.1, 0.15) is 13.3 Å². The minimum absolute atomic E-state index is 0.00455. The molecular weight excluding hydrogens is 368 g/mol. The summed E-state index contributed by atoms with van der Waals surface area (Å²) in [6.45, 7) is 2.72. The first kappa shape index (κ1) is 16.9. The molecule has 2 heterocycles. The summed E-state index contributed by atoms with van der Waals surface area (Å²) in [5.41, 5.74) is 1.08. The SMILES string of the molecule is CCCN1C(=O)/C(=C\C=C2/Sc3ccc(Cl)cc3N2C)SC1=S. The molecule has 23 heavy (non-hydrogen) atoms. The Morgan fingerprint density at radius 2 is 2.09 bits per heavy atom. The Morgan fingerprint density at radius 1 is 1.30 bits per heavy atom. The van der Waals surface area contributed by atoms with Crippen molar-refractivity contribution in [1.82, 2.24) is 4.90 Å². The molecule has 0 spiro atoms. The summed E-state index contributed by atoms with van der Waals surface area (Å²) in [6, 6.07) is 5.85. The van der Waals surface area contributed by atoms with E-state index in [0.717, 1.165) is 27.1 Å². The van der Waals surface area contributed by atoms with E-state index in [1.54, 1.807) is 16.7 Å². The second-order valence-corrected chi connectivity index (χ2v) is 8.31. The molecule has 0 bridgehead atoms. The quantitative estimate of drug-likeness (QED) is 0.547. The molecule has 1 saturated heterocycles. The Morgan fingerprint density at radius 3 is 2.83 bits per heavy atom. The lowest BCUT2D eigenvalue weighted by Crippen LogP contribution is -2.28. The topological polar surface area (TPSA) is 23.6 Å². The zero-order chi connectivity index (χ0) is 16.6. The van der Waals surface area contributed by atoms with Gasteiger partial charge in [-0.15, -0.1) is 0 Å². The number of thioether (sulfide) groups is 2. The van der Waals surface area contributed by atoms with Crippen LogP contribution < -0.4 is 4.90 Å². The molecule has 0 atom stereocenters. The van der Waals surface area contributed by atoms with Crippen LogP contribution in [-0.2, 0) is 4.79 Å². The van der Waals surface area contributed by atoms with Gasteiger partial charge in [0.2, 0.25) is 0 Å². The van der Waals surface area contributed by atoms with Gasteiger partial charge in [-0.2, -0.15) is 0 Å². The summed E-state index contributed by atoms with van der Waals surface area (Å²) in [4.78, 5) is 17.9. The number of thiocarbonyl (C=S) groups is 1. The molecule has 1 aromatic rings. The average Bonchev–Trinajstić information content (AvgIpc) is 2.97. The molecule has 0 N–H and O–H groups in total. The third-order valence-electron chi connectivity index (χ3n) is 3.53. The molecule has 120 valence electrons. The maximum atomic E-state index is 12.3. The number of allylic oxidation sites excluding steroid dienone is 2. The summed E-state index contributed by atoms with van der Waals surface area (Å²) in [6.07, 6.45) is 4.73. The first-order chi connectivity index (χ1) is 11.0. The van der Waals surface area contributed by atoms with Gasteiger partial charge in [-0.05, 0) is 36.8 Å². The molecule has 0 aliphatic carbocycles. The molecule has 1 amide bonds. The number of benzene rings is 1. The predicted octanol–water partition coefficient (Wildman–Crippen LogP) is 4.88. The Labute approximate surface area is 154 Å². The van der Waals surface area contributed by atoms with E-state index < -0.39 is 0 Å². The van der Waals surface area contributed by atoms with Crippen LogP contribution in [0.15, 0.2) is 45.2 Å². The minimum Gasteiger partial charge on any atom is -0.338 e. The number of hydrogen-bond acceptors (Lipinski definition) is 5. The van der Waals surface area contributed by atoms with Crippen molar-refractivity contribution >= 4 is 63.3 Å². The van der Waals surface area contributed by atoms with E-state index in [2.05, 4.69) is 4.90 Å². The monoisotopic (exact) mass is 382 g/mol. The number of anilines is 1. The van der Waals surface area contributed by atoms with E-state index in [1.165, 1.54) is 11.8 Å². The number of hydrogen-bond donors (Lipinski definition) is 0. The first-order valence-corrected chi connectivity index (χ1v) is 9.60. The third kappa shape index (κ3) is 3.31. The highest BCUT2D eigenvalue weighted by Crippen LogP contribution is 2.46. The van der Waals surface area contributed by atoms with Crippen molar-refractivity contribution in [3.63, 3.8) is 0 Å². The molecule has 2 aliphatic heterocycles. The van der Waals surface area contributed by atoms with E-state index in [9.17, 15) is 4.79 Å². The average molecular weight is 383 g/mol. The molecule has 3 rings (SSSR count). The Hall–Kier alpha value is -0.950. The standard InChI is InChI=1S/C16H15ClN2OS3/c1-3-8-19-15(20)13(23-16(19)21)6-7-14-18(2)11-9-10(17)4-5-12(11)22-14/h4-7,9H,3,8H2,1-2H3/b13-6+,14-7-. The lowest BCUT2D eigenvalue weighted by molar-refractivity contribution is -0.122. The lowest BCUT2D eigenvalue weighted by atomic mass is 10.3. The van der Waals surface area contributed by atoms with Crippen LogP contribution in [-0.4, -0.2) is 28.7 Å². The van der Waals surface area contributed by atoms with Crippen LogP contribution >= 0.6 is 47.3 Å². The molecular formula is C16H15ClN2OS3. The summed E-state index contributed by atoms with van der Waals surface area (Å²) in [7, 11) is 2.00. The van der Waals surface area contributed by atoms with Gasteiger partial charge in [0.25, 0.3) is 5.91 Å². The number of halogens is 1. The van der Waals surface area contributed by atoms with E-state index in [4.69, 9.17) is 23.8 Å². The van der Waals surface area contributed by atoms with Crippen molar-refractivity contribution in [2.75, 3.05) is 18.5 Å². The van der Waals surface area contributed by atoms with E-state index >= 15 is 0 Å². The molecule has 1 aromatic carbocycles. The van der Waals surface area contributed by atoms with Crippen LogP contribution in [0.3, 0.4) is 0 Å². The number of carbonyl (C=O) groups is 1. The summed E-state index contributed by atoms with van der Waals surface area (Å²) < 4.78 is 0.643. The highest BCUT2D eigenvalue weighted by molar-refractivity contribution is 8.26. The van der Waals surface area contributed by atoms with Crippen LogP contribution in [0.25, 0.3) is 0 Å². The van der Waals surface area contributed by atoms with Gasteiger partial charge >= 0.3 is 0 Å².